The third kappa shape index (κ3) is 2.60. The molecule has 0 aliphatic rings. The lowest BCUT2D eigenvalue weighted by molar-refractivity contribution is 0.101. The number of amides is 1. The van der Waals surface area contributed by atoms with Gasteiger partial charge in [-0.1, -0.05) is 17.7 Å². The van der Waals surface area contributed by atoms with Crippen LogP contribution in [0.1, 0.15) is 10.5 Å². The lowest BCUT2D eigenvalue weighted by Crippen LogP contribution is -2.15. The fraction of sp³-hybridized carbons (Fsp3) is 0.0833. The minimum absolute atomic E-state index is 0.218. The van der Waals surface area contributed by atoms with E-state index in [-0.39, 0.29) is 5.91 Å². The molecule has 1 amide bonds. The molecule has 88 valence electrons. The van der Waals surface area contributed by atoms with E-state index in [0.29, 0.717) is 22.1 Å². The first-order valence-electron chi connectivity index (χ1n) is 5.05. The number of aryl methyl sites for hydroxylation is 1. The van der Waals surface area contributed by atoms with E-state index >= 15 is 0 Å². The Morgan fingerprint density at radius 2 is 2.18 bits per heavy atom. The number of nitrogens with two attached hydrogens (primary N) is 1. The summed E-state index contributed by atoms with van der Waals surface area (Å²) in [6.07, 6.45) is 1.68. The summed E-state index contributed by atoms with van der Waals surface area (Å²) < 4.78 is 1.67. The maximum Gasteiger partial charge on any atom is 0.272 e. The Balaban J connectivity index is 2.20. The summed E-state index contributed by atoms with van der Waals surface area (Å²) in [5.41, 5.74) is 7.39. The number of carbonyl (C=O) groups is 1. The number of benzene rings is 1. The topological polar surface area (TPSA) is 60.0 Å². The Hall–Kier alpha value is -1.94. The van der Waals surface area contributed by atoms with Crippen LogP contribution in [0.4, 0.5) is 11.4 Å². The maximum atomic E-state index is 11.9. The molecule has 0 saturated heterocycles. The molecule has 1 aromatic heterocycles. The van der Waals surface area contributed by atoms with Gasteiger partial charge in [0.25, 0.3) is 5.91 Å². The van der Waals surface area contributed by atoms with Crippen LogP contribution in [-0.4, -0.2) is 10.5 Å². The fourth-order valence-corrected chi connectivity index (χ4v) is 1.81. The summed E-state index contributed by atoms with van der Waals surface area (Å²) in [6.45, 7) is 0. The number of halogens is 1. The number of aromatic nitrogens is 1. The molecule has 0 radical (unpaired) electrons. The number of rotatable bonds is 2. The Labute approximate surface area is 104 Å². The van der Waals surface area contributed by atoms with E-state index in [2.05, 4.69) is 5.32 Å². The van der Waals surface area contributed by atoms with Gasteiger partial charge in [-0.25, -0.2) is 0 Å². The van der Waals surface area contributed by atoms with Gasteiger partial charge < -0.3 is 15.6 Å². The molecule has 1 aromatic carbocycles. The van der Waals surface area contributed by atoms with E-state index in [1.807, 2.05) is 0 Å². The van der Waals surface area contributed by atoms with Crippen LogP contribution < -0.4 is 11.1 Å². The Bertz CT molecular complexity index is 563. The molecule has 0 spiro atoms. The van der Waals surface area contributed by atoms with Crippen molar-refractivity contribution in [2.75, 3.05) is 11.1 Å². The van der Waals surface area contributed by atoms with Gasteiger partial charge in [0.2, 0.25) is 0 Å². The van der Waals surface area contributed by atoms with Crippen molar-refractivity contribution in [1.82, 2.24) is 4.57 Å². The number of carbonyl (C=O) groups excluding carboxylic acids is 1. The molecule has 0 saturated carbocycles. The molecule has 3 N–H and O–H groups in total. The van der Waals surface area contributed by atoms with Gasteiger partial charge in [-0.2, -0.15) is 0 Å². The molecular formula is C12H12ClN3O. The molecule has 0 bridgehead atoms. The molecule has 4 nitrogen and oxygen atoms in total. The third-order valence-electron chi connectivity index (χ3n) is 2.35. The third-order valence-corrected chi connectivity index (χ3v) is 2.56. The average Bonchev–Trinajstić information content (AvgIpc) is 2.58. The van der Waals surface area contributed by atoms with Gasteiger partial charge in [0.1, 0.15) is 5.69 Å². The molecule has 0 aliphatic heterocycles. The number of hydrogen-bond donors (Lipinski definition) is 2. The van der Waals surface area contributed by atoms with E-state index in [9.17, 15) is 4.79 Å². The van der Waals surface area contributed by atoms with Gasteiger partial charge in [0.15, 0.2) is 0 Å². The standard InChI is InChI=1S/C12H12ClN3O/c1-16-7-8(13)5-11(16)12(17)15-10-4-2-3-9(14)6-10/h2-7H,14H2,1H3,(H,15,17). The monoisotopic (exact) mass is 249 g/mol. The molecule has 0 atom stereocenters. The van der Waals surface area contributed by atoms with E-state index in [1.165, 1.54) is 0 Å². The summed E-state index contributed by atoms with van der Waals surface area (Å²) >= 11 is 5.82. The lowest BCUT2D eigenvalue weighted by Gasteiger charge is -2.06. The number of hydrogen-bond acceptors (Lipinski definition) is 2. The van der Waals surface area contributed by atoms with Crippen molar-refractivity contribution in [1.29, 1.82) is 0 Å². The highest BCUT2D eigenvalue weighted by Crippen LogP contribution is 2.16. The summed E-state index contributed by atoms with van der Waals surface area (Å²) in [6, 6.07) is 8.63. The van der Waals surface area contributed by atoms with Crippen molar-refractivity contribution in [3.05, 3.63) is 47.2 Å². The van der Waals surface area contributed by atoms with Crippen LogP contribution in [0.5, 0.6) is 0 Å². The maximum absolute atomic E-state index is 11.9. The minimum atomic E-state index is -0.218. The first-order valence-corrected chi connectivity index (χ1v) is 5.43. The van der Waals surface area contributed by atoms with Crippen LogP contribution >= 0.6 is 11.6 Å². The van der Waals surface area contributed by atoms with E-state index in [4.69, 9.17) is 17.3 Å². The zero-order valence-electron chi connectivity index (χ0n) is 9.27. The van der Waals surface area contributed by atoms with E-state index < -0.39 is 0 Å². The van der Waals surface area contributed by atoms with Gasteiger partial charge >= 0.3 is 0 Å². The first-order chi connectivity index (χ1) is 8.06. The van der Waals surface area contributed by atoms with Crippen LogP contribution in [0.2, 0.25) is 5.02 Å². The van der Waals surface area contributed by atoms with E-state index in [0.717, 1.165) is 0 Å². The zero-order chi connectivity index (χ0) is 12.4. The molecule has 0 unspecified atom stereocenters. The number of nitrogen functional groups attached to an aromatic ring is 1. The largest absolute Gasteiger partial charge is 0.399 e. The molecule has 5 heteroatoms. The molecule has 1 heterocycles. The SMILES string of the molecule is Cn1cc(Cl)cc1C(=O)Nc1cccc(N)c1. The number of anilines is 2. The zero-order valence-corrected chi connectivity index (χ0v) is 10.0. The van der Waals surface area contributed by atoms with Crippen LogP contribution in [0.15, 0.2) is 36.5 Å². The van der Waals surface area contributed by atoms with Crippen molar-refractivity contribution < 1.29 is 4.79 Å². The second-order valence-corrected chi connectivity index (χ2v) is 4.17. The highest BCUT2D eigenvalue weighted by atomic mass is 35.5. The van der Waals surface area contributed by atoms with Crippen LogP contribution in [-0.2, 0) is 7.05 Å². The van der Waals surface area contributed by atoms with Crippen molar-refractivity contribution >= 4 is 28.9 Å². The average molecular weight is 250 g/mol. The van der Waals surface area contributed by atoms with Crippen LogP contribution in [0.25, 0.3) is 0 Å². The van der Waals surface area contributed by atoms with Crippen LogP contribution in [0, 0.1) is 0 Å². The lowest BCUT2D eigenvalue weighted by atomic mass is 10.2. The highest BCUT2D eigenvalue weighted by Gasteiger charge is 2.11. The molecule has 2 aromatic rings. The Morgan fingerprint density at radius 1 is 1.41 bits per heavy atom. The predicted octanol–water partition coefficient (Wildman–Crippen LogP) is 2.51. The second-order valence-electron chi connectivity index (χ2n) is 3.73. The van der Waals surface area contributed by atoms with Crippen molar-refractivity contribution in [3.63, 3.8) is 0 Å². The smallest absolute Gasteiger partial charge is 0.272 e. The second kappa shape index (κ2) is 4.51. The van der Waals surface area contributed by atoms with Crippen LogP contribution in [0.3, 0.4) is 0 Å². The van der Waals surface area contributed by atoms with Gasteiger partial charge in [-0.05, 0) is 24.3 Å². The quantitative estimate of drug-likeness (QED) is 0.804. The molecule has 0 fully saturated rings. The van der Waals surface area contributed by atoms with Crippen molar-refractivity contribution in [3.8, 4) is 0 Å². The number of nitrogens with zero attached hydrogens (tertiary/aromatic N) is 1. The first kappa shape index (κ1) is 11.5. The molecular weight excluding hydrogens is 238 g/mol. The number of nitrogens with one attached hydrogen (secondary N) is 1. The molecule has 17 heavy (non-hydrogen) atoms. The summed E-state index contributed by atoms with van der Waals surface area (Å²) in [5.74, 6) is -0.218. The van der Waals surface area contributed by atoms with Gasteiger partial charge in [0, 0.05) is 24.6 Å². The minimum Gasteiger partial charge on any atom is -0.399 e. The van der Waals surface area contributed by atoms with Gasteiger partial charge in [-0.3, -0.25) is 4.79 Å². The van der Waals surface area contributed by atoms with Gasteiger partial charge in [-0.15, -0.1) is 0 Å². The van der Waals surface area contributed by atoms with Crippen molar-refractivity contribution in [2.24, 2.45) is 7.05 Å². The Kier molecular flexibility index (Phi) is 3.06. The fourth-order valence-electron chi connectivity index (χ4n) is 1.56. The summed E-state index contributed by atoms with van der Waals surface area (Å²) in [4.78, 5) is 11.9. The summed E-state index contributed by atoms with van der Waals surface area (Å²) in [7, 11) is 1.76. The predicted molar refractivity (Wildman–Crippen MR) is 69.2 cm³/mol. The van der Waals surface area contributed by atoms with Gasteiger partial charge in [0.05, 0.1) is 5.02 Å². The Morgan fingerprint density at radius 3 is 2.76 bits per heavy atom. The normalized spacial score (nSPS) is 10.2. The van der Waals surface area contributed by atoms with Crippen molar-refractivity contribution in [2.45, 2.75) is 0 Å². The molecule has 0 aliphatic carbocycles. The molecule has 2 rings (SSSR count). The highest BCUT2D eigenvalue weighted by molar-refractivity contribution is 6.31. The van der Waals surface area contributed by atoms with E-state index in [1.54, 1.807) is 48.1 Å². The summed E-state index contributed by atoms with van der Waals surface area (Å²) in [5, 5.41) is 3.29.